The molecule has 2 N–H and O–H groups in total. The molecule has 0 bridgehead atoms. The molecule has 0 saturated heterocycles. The van der Waals surface area contributed by atoms with Gasteiger partial charge in [0.25, 0.3) is 0 Å². The first-order valence-electron chi connectivity index (χ1n) is 3.87. The number of carboxylic acid groups (broad SMARTS) is 1. The molecule has 0 unspecified atom stereocenters. The summed E-state index contributed by atoms with van der Waals surface area (Å²) in [5.74, 6) is -1.15. The number of aliphatic carboxylic acids is 1. The molecule has 1 atom stereocenters. The molecular formula is C7H16NO3+. The first-order valence-corrected chi connectivity index (χ1v) is 3.37. The molecule has 0 aliphatic carbocycles. The molecule has 11 heavy (non-hydrogen) atoms. The van der Waals surface area contributed by atoms with Gasteiger partial charge >= 0.3 is 5.97 Å². The Bertz CT molecular complexity index is 174. The van der Waals surface area contributed by atoms with E-state index in [2.05, 4.69) is 0 Å². The molecule has 0 saturated carbocycles. The van der Waals surface area contributed by atoms with Crippen molar-refractivity contribution in [3.63, 3.8) is 0 Å². The number of rotatable bonds is 4. The van der Waals surface area contributed by atoms with E-state index in [0.717, 1.165) is 0 Å². The molecule has 4 heteroatoms. The maximum absolute atomic E-state index is 10.2. The van der Waals surface area contributed by atoms with E-state index in [1.54, 1.807) is 21.1 Å². The van der Waals surface area contributed by atoms with Gasteiger partial charge in [-0.1, -0.05) is 0 Å². The normalized spacial score (nSPS) is 18.7. The summed E-state index contributed by atoms with van der Waals surface area (Å²) in [5, 5.41) is 17.6. The van der Waals surface area contributed by atoms with Gasteiger partial charge in [0, 0.05) is 0 Å². The Kier molecular flexibility index (Phi) is 2.84. The van der Waals surface area contributed by atoms with Gasteiger partial charge in [-0.2, -0.15) is 0 Å². The Labute approximate surface area is 68.1 Å². The van der Waals surface area contributed by atoms with E-state index in [0.29, 0.717) is 4.48 Å². The van der Waals surface area contributed by atoms with Crippen LogP contribution >= 0.6 is 0 Å². The Morgan fingerprint density at radius 3 is 2.36 bits per heavy atom. The number of quaternary nitrogens is 1. The SMILES string of the molecule is [2H][C@@](O)(CC(=O)O)C[N+](C)(C)C. The van der Waals surface area contributed by atoms with Crippen LogP contribution in [0, 0.1) is 0 Å². The number of carboxylic acids is 1. The molecule has 0 heterocycles. The van der Waals surface area contributed by atoms with Crippen LogP contribution in [0.1, 0.15) is 7.79 Å². The highest BCUT2D eigenvalue weighted by Gasteiger charge is 2.17. The van der Waals surface area contributed by atoms with Gasteiger partial charge in [-0.15, -0.1) is 0 Å². The van der Waals surface area contributed by atoms with Crippen molar-refractivity contribution in [1.82, 2.24) is 0 Å². The van der Waals surface area contributed by atoms with Crippen molar-refractivity contribution in [3.8, 4) is 0 Å². The first kappa shape index (κ1) is 8.49. The maximum atomic E-state index is 10.2. The van der Waals surface area contributed by atoms with Crippen LogP contribution < -0.4 is 0 Å². The van der Waals surface area contributed by atoms with Crippen molar-refractivity contribution < 1.29 is 20.9 Å². The topological polar surface area (TPSA) is 57.5 Å². The standard InChI is InChI=1S/C7H15NO3/c1-8(2,3)5-6(9)4-7(10)11/h6,9H,4-5H2,1-3H3/p+1/t6-/m1/s1/i6D. The monoisotopic (exact) mass is 163 g/mol. The average Bonchev–Trinajstić information content (AvgIpc) is 1.48. The van der Waals surface area contributed by atoms with Crippen LogP contribution in [0.2, 0.25) is 0 Å². The first-order chi connectivity index (χ1) is 5.12. The zero-order valence-electron chi connectivity index (χ0n) is 8.16. The van der Waals surface area contributed by atoms with E-state index in [-0.39, 0.29) is 6.54 Å². The maximum Gasteiger partial charge on any atom is 0.306 e. The quantitative estimate of drug-likeness (QED) is 0.551. The molecule has 4 nitrogen and oxygen atoms in total. The number of likely N-dealkylation sites (N-methyl/N-ethyl adjacent to an activating group) is 1. The third-order valence-corrected chi connectivity index (χ3v) is 1.01. The number of carbonyl (C=O) groups is 1. The van der Waals surface area contributed by atoms with Crippen LogP contribution in [0.15, 0.2) is 0 Å². The molecule has 0 rings (SSSR count). The van der Waals surface area contributed by atoms with E-state index in [1.165, 1.54) is 0 Å². The molecule has 66 valence electrons. The third-order valence-electron chi connectivity index (χ3n) is 1.01. The average molecular weight is 163 g/mol. The van der Waals surface area contributed by atoms with Gasteiger partial charge in [0.05, 0.1) is 28.9 Å². The van der Waals surface area contributed by atoms with Crippen LogP contribution in [0.3, 0.4) is 0 Å². The summed E-state index contributed by atoms with van der Waals surface area (Å²) < 4.78 is 7.64. The minimum absolute atomic E-state index is 0.0965. The van der Waals surface area contributed by atoms with Gasteiger partial charge in [-0.05, 0) is 0 Å². The van der Waals surface area contributed by atoms with E-state index in [9.17, 15) is 9.90 Å². The highest BCUT2D eigenvalue weighted by Crippen LogP contribution is 1.98. The van der Waals surface area contributed by atoms with Crippen LogP contribution in [0.25, 0.3) is 0 Å². The van der Waals surface area contributed by atoms with Crippen LogP contribution in [0.5, 0.6) is 0 Å². The molecule has 0 aliphatic rings. The second-order valence-corrected chi connectivity index (χ2v) is 3.59. The van der Waals surface area contributed by atoms with Gasteiger partial charge in [0.1, 0.15) is 12.6 Å². The van der Waals surface area contributed by atoms with E-state index < -0.39 is 18.5 Å². The Morgan fingerprint density at radius 2 is 2.09 bits per heavy atom. The zero-order chi connectivity index (χ0) is 9.99. The predicted octanol–water partition coefficient (Wildman–Crippen LogP) is -0.472. The van der Waals surface area contributed by atoms with Crippen LogP contribution in [-0.2, 0) is 4.79 Å². The number of aliphatic hydroxyl groups is 1. The van der Waals surface area contributed by atoms with E-state index >= 15 is 0 Å². The van der Waals surface area contributed by atoms with E-state index in [1.807, 2.05) is 0 Å². The fraction of sp³-hybridized carbons (Fsp3) is 0.857. The number of hydrogen-bond acceptors (Lipinski definition) is 2. The van der Waals surface area contributed by atoms with Gasteiger partial charge < -0.3 is 14.7 Å². The van der Waals surface area contributed by atoms with Gasteiger partial charge in [0.2, 0.25) is 0 Å². The lowest BCUT2D eigenvalue weighted by atomic mass is 10.2. The Balaban J connectivity index is 4.13. The largest absolute Gasteiger partial charge is 0.481 e. The highest BCUT2D eigenvalue weighted by atomic mass is 16.4. The molecule has 0 aromatic rings. The number of hydrogen-bond donors (Lipinski definition) is 2. The van der Waals surface area contributed by atoms with Crippen molar-refractivity contribution in [2.24, 2.45) is 0 Å². The van der Waals surface area contributed by atoms with E-state index in [4.69, 9.17) is 6.48 Å². The minimum atomic E-state index is -1.87. The molecule has 0 fully saturated rings. The fourth-order valence-electron chi connectivity index (χ4n) is 0.778. The summed E-state index contributed by atoms with van der Waals surface area (Å²) in [6.45, 7) is 0.0965. The van der Waals surface area contributed by atoms with Gasteiger partial charge in [0.15, 0.2) is 0 Å². The fourth-order valence-corrected chi connectivity index (χ4v) is 0.778. The molecule has 0 radical (unpaired) electrons. The Hall–Kier alpha value is -0.610. The van der Waals surface area contributed by atoms with Gasteiger partial charge in [-0.3, -0.25) is 4.79 Å². The van der Waals surface area contributed by atoms with Crippen molar-refractivity contribution in [1.29, 1.82) is 0 Å². The van der Waals surface area contributed by atoms with Crippen LogP contribution in [-0.4, -0.2) is 54.4 Å². The molecule has 0 aromatic carbocycles. The van der Waals surface area contributed by atoms with Crippen molar-refractivity contribution in [2.45, 2.75) is 12.5 Å². The zero-order valence-corrected chi connectivity index (χ0v) is 7.16. The Morgan fingerprint density at radius 1 is 1.64 bits per heavy atom. The predicted molar refractivity (Wildman–Crippen MR) is 41.2 cm³/mol. The summed E-state index contributed by atoms with van der Waals surface area (Å²) in [5.41, 5.74) is 0. The van der Waals surface area contributed by atoms with Gasteiger partial charge in [-0.25, -0.2) is 0 Å². The molecule has 0 aliphatic heterocycles. The van der Waals surface area contributed by atoms with Crippen molar-refractivity contribution >= 4 is 5.97 Å². The lowest BCUT2D eigenvalue weighted by Crippen LogP contribution is -2.42. The molecule has 0 aromatic heterocycles. The summed E-state index contributed by atoms with van der Waals surface area (Å²) >= 11 is 0. The summed E-state index contributed by atoms with van der Waals surface area (Å²) in [7, 11) is 5.38. The van der Waals surface area contributed by atoms with Crippen molar-refractivity contribution in [2.75, 3.05) is 27.7 Å². The molecule has 0 amide bonds. The second-order valence-electron chi connectivity index (χ2n) is 3.59. The van der Waals surface area contributed by atoms with Crippen molar-refractivity contribution in [3.05, 3.63) is 0 Å². The third kappa shape index (κ3) is 7.29. The molecule has 0 spiro atoms. The second kappa shape index (κ2) is 3.69. The smallest absolute Gasteiger partial charge is 0.306 e. The van der Waals surface area contributed by atoms with Crippen LogP contribution in [0.4, 0.5) is 0 Å². The summed E-state index contributed by atoms with van der Waals surface area (Å²) in [6, 6.07) is 0. The summed E-state index contributed by atoms with van der Waals surface area (Å²) in [6.07, 6.45) is -2.41. The lowest BCUT2D eigenvalue weighted by molar-refractivity contribution is -0.873. The molecular weight excluding hydrogens is 146 g/mol. The highest BCUT2D eigenvalue weighted by molar-refractivity contribution is 5.67. The number of nitrogens with zero attached hydrogens (tertiary/aromatic N) is 1. The summed E-state index contributed by atoms with van der Waals surface area (Å²) in [4.78, 5) is 10.2. The lowest BCUT2D eigenvalue weighted by Gasteiger charge is -2.25. The minimum Gasteiger partial charge on any atom is -0.481 e.